The van der Waals surface area contributed by atoms with Crippen molar-refractivity contribution < 1.29 is 0 Å². The third-order valence-corrected chi connectivity index (χ3v) is 11.5. The summed E-state index contributed by atoms with van der Waals surface area (Å²) in [4.78, 5) is 14.4. The summed E-state index contributed by atoms with van der Waals surface area (Å²) in [5.74, 6) is 0.00509. The maximum atomic E-state index is 14.4. The molecule has 3 aliphatic carbocycles. The fourth-order valence-electron chi connectivity index (χ4n) is 9.81. The smallest absolute Gasteiger partial charge is 0.259 e. The minimum Gasteiger partial charge on any atom is -0.297 e. The lowest BCUT2D eigenvalue weighted by atomic mass is 9.54. The van der Waals surface area contributed by atoms with Crippen molar-refractivity contribution in [3.63, 3.8) is 0 Å². The van der Waals surface area contributed by atoms with Crippen LogP contribution in [0, 0.1) is 0 Å². The van der Waals surface area contributed by atoms with E-state index < -0.39 is 11.0 Å². The van der Waals surface area contributed by atoms with Gasteiger partial charge in [0.2, 0.25) is 0 Å². The number of hydrogen-bond acceptors (Lipinski definition) is 1. The van der Waals surface area contributed by atoms with Gasteiger partial charge < -0.3 is 0 Å². The lowest BCUT2D eigenvalue weighted by Crippen LogP contribution is -2.43. The Morgan fingerprint density at radius 3 is 1.86 bits per heavy atom. The zero-order valence-electron chi connectivity index (χ0n) is 25.1. The predicted octanol–water partition coefficient (Wildman–Crippen LogP) is 8.98. The number of hydrogen-bond donors (Lipinski definition) is 0. The molecule has 0 bridgehead atoms. The molecular formula is C42H31NO. The maximum Gasteiger partial charge on any atom is 0.259 e. The molecule has 2 atom stereocenters. The molecule has 2 heteroatoms. The van der Waals surface area contributed by atoms with Crippen LogP contribution in [0.5, 0.6) is 0 Å². The Bertz CT molecular complexity index is 2370. The molecule has 0 saturated heterocycles. The second kappa shape index (κ2) is 7.76. The first-order valence-corrected chi connectivity index (χ1v) is 15.7. The van der Waals surface area contributed by atoms with Gasteiger partial charge in [-0.25, -0.2) is 0 Å². The molecule has 2 heterocycles. The van der Waals surface area contributed by atoms with Crippen LogP contribution < -0.4 is 5.56 Å². The lowest BCUT2D eigenvalue weighted by Gasteiger charge is -2.48. The second-order valence-electron chi connectivity index (χ2n) is 13.8. The van der Waals surface area contributed by atoms with Gasteiger partial charge in [0, 0.05) is 22.1 Å². The molecule has 2 unspecified atom stereocenters. The molecule has 2 nitrogen and oxygen atoms in total. The summed E-state index contributed by atoms with van der Waals surface area (Å²) >= 11 is 0. The first-order chi connectivity index (χ1) is 21.4. The highest BCUT2D eigenvalue weighted by molar-refractivity contribution is 6.09. The van der Waals surface area contributed by atoms with E-state index in [9.17, 15) is 4.79 Å². The van der Waals surface area contributed by atoms with Crippen molar-refractivity contribution in [1.29, 1.82) is 0 Å². The molecule has 44 heavy (non-hydrogen) atoms. The molecule has 0 radical (unpaired) electrons. The van der Waals surface area contributed by atoms with Crippen molar-refractivity contribution >= 4 is 27.2 Å². The molecule has 1 spiro atoms. The molecule has 0 amide bonds. The highest BCUT2D eigenvalue weighted by Gasteiger charge is 2.58. The molecule has 0 N–H and O–H groups in total. The summed E-state index contributed by atoms with van der Waals surface area (Å²) in [5.41, 5.74) is 12.1. The average Bonchev–Trinajstić information content (AvgIpc) is 3.50. The van der Waals surface area contributed by atoms with Gasteiger partial charge in [-0.15, -0.1) is 0 Å². The summed E-state index contributed by atoms with van der Waals surface area (Å²) < 4.78 is 2.12. The zero-order chi connectivity index (χ0) is 29.6. The minimum atomic E-state index is -0.534. The average molecular weight is 566 g/mol. The number of benzene rings is 5. The summed E-state index contributed by atoms with van der Waals surface area (Å²) in [6.07, 6.45) is 4.74. The van der Waals surface area contributed by atoms with Crippen LogP contribution in [0.2, 0.25) is 0 Å². The Morgan fingerprint density at radius 2 is 1.16 bits per heavy atom. The van der Waals surface area contributed by atoms with E-state index in [0.717, 1.165) is 21.7 Å². The largest absolute Gasteiger partial charge is 0.297 e. The van der Waals surface area contributed by atoms with Crippen LogP contribution in [0.3, 0.4) is 0 Å². The van der Waals surface area contributed by atoms with Crippen molar-refractivity contribution in [2.24, 2.45) is 0 Å². The lowest BCUT2D eigenvalue weighted by molar-refractivity contribution is 0.400. The number of aromatic nitrogens is 1. The Kier molecular flexibility index (Phi) is 4.32. The molecular weight excluding hydrogens is 534 g/mol. The number of rotatable bonds is 0. The van der Waals surface area contributed by atoms with Crippen molar-refractivity contribution in [3.05, 3.63) is 182 Å². The number of fused-ring (bicyclic) bond motifs is 14. The van der Waals surface area contributed by atoms with E-state index in [2.05, 4.69) is 135 Å². The van der Waals surface area contributed by atoms with E-state index in [0.29, 0.717) is 0 Å². The van der Waals surface area contributed by atoms with Crippen molar-refractivity contribution in [1.82, 2.24) is 4.57 Å². The third kappa shape index (κ3) is 2.49. The molecule has 5 aromatic carbocycles. The van der Waals surface area contributed by atoms with Crippen LogP contribution in [0.1, 0.15) is 65.6 Å². The van der Waals surface area contributed by atoms with Crippen LogP contribution in [-0.2, 0) is 16.4 Å². The van der Waals surface area contributed by atoms with Crippen molar-refractivity contribution in [2.45, 2.75) is 43.1 Å². The zero-order valence-corrected chi connectivity index (χ0v) is 25.1. The van der Waals surface area contributed by atoms with Gasteiger partial charge in [0.25, 0.3) is 5.56 Å². The van der Waals surface area contributed by atoms with Crippen molar-refractivity contribution in [3.8, 4) is 0 Å². The van der Waals surface area contributed by atoms with Crippen LogP contribution >= 0.6 is 0 Å². The SMILES string of the molecule is CC1(C)c2ccccc2C2(C3=C(c4ccccc42)C2c4cccc5c6ccccc6c(=O)n(c45)C2(C)C=C3)c2ccccc21. The van der Waals surface area contributed by atoms with Crippen LogP contribution in [0.4, 0.5) is 0 Å². The topological polar surface area (TPSA) is 22.0 Å². The maximum absolute atomic E-state index is 14.4. The fraction of sp³-hybridized carbons (Fsp3) is 0.167. The number of nitrogens with zero attached hydrogens (tertiary/aromatic N) is 1. The van der Waals surface area contributed by atoms with Gasteiger partial charge >= 0.3 is 0 Å². The van der Waals surface area contributed by atoms with Gasteiger partial charge in [-0.1, -0.05) is 135 Å². The molecule has 0 saturated carbocycles. The number of pyridine rings is 1. The highest BCUT2D eigenvalue weighted by atomic mass is 16.1. The number of para-hydroxylation sites is 1. The standard InChI is InChI=1S/C42H31NO/c1-40(2)31-19-8-10-21-33(31)42(34-22-11-9-20-32(34)40)30-18-7-6-15-28(30)36-35(42)23-24-41(3)37(36)29-17-12-16-26-25-13-4-5-14-27(25)39(44)43(41)38(26)29/h4-24,37H,1-3H3. The van der Waals surface area contributed by atoms with Crippen LogP contribution in [0.25, 0.3) is 27.2 Å². The molecule has 6 aromatic rings. The minimum absolute atomic E-state index is 0.00509. The van der Waals surface area contributed by atoms with Gasteiger partial charge in [-0.05, 0) is 68.5 Å². The molecule has 1 aromatic heterocycles. The molecule has 1 aliphatic heterocycles. The second-order valence-corrected chi connectivity index (χ2v) is 13.8. The third-order valence-electron chi connectivity index (χ3n) is 11.5. The Hall–Kier alpha value is -4.95. The highest BCUT2D eigenvalue weighted by Crippen LogP contribution is 2.67. The predicted molar refractivity (Wildman–Crippen MR) is 179 cm³/mol. The molecule has 10 rings (SSSR count). The van der Waals surface area contributed by atoms with E-state index >= 15 is 0 Å². The first kappa shape index (κ1) is 24.5. The summed E-state index contributed by atoms with van der Waals surface area (Å²) in [6.45, 7) is 7.01. The summed E-state index contributed by atoms with van der Waals surface area (Å²) in [7, 11) is 0. The van der Waals surface area contributed by atoms with Crippen molar-refractivity contribution in [2.75, 3.05) is 0 Å². The molecule has 210 valence electrons. The van der Waals surface area contributed by atoms with Gasteiger partial charge in [-0.3, -0.25) is 9.36 Å². The fourth-order valence-corrected chi connectivity index (χ4v) is 9.81. The van der Waals surface area contributed by atoms with Crippen LogP contribution in [0.15, 0.2) is 138 Å². The van der Waals surface area contributed by atoms with Gasteiger partial charge in [-0.2, -0.15) is 0 Å². The molecule has 0 fully saturated rings. The van der Waals surface area contributed by atoms with Gasteiger partial charge in [0.1, 0.15) is 0 Å². The first-order valence-electron chi connectivity index (χ1n) is 15.7. The quantitative estimate of drug-likeness (QED) is 0.169. The van der Waals surface area contributed by atoms with E-state index in [-0.39, 0.29) is 16.9 Å². The molecule has 4 aliphatic rings. The van der Waals surface area contributed by atoms with E-state index in [1.54, 1.807) is 0 Å². The van der Waals surface area contributed by atoms with Gasteiger partial charge in [0.15, 0.2) is 0 Å². The van der Waals surface area contributed by atoms with Gasteiger partial charge in [0.05, 0.1) is 16.5 Å². The number of allylic oxidation sites excluding steroid dienone is 4. The Balaban J connectivity index is 1.38. The summed E-state index contributed by atoms with van der Waals surface area (Å²) in [6, 6.07) is 42.0. The van der Waals surface area contributed by atoms with Crippen LogP contribution in [-0.4, -0.2) is 4.57 Å². The Labute approximate surface area is 256 Å². The van der Waals surface area contributed by atoms with E-state index in [1.807, 2.05) is 18.2 Å². The normalized spacial score (nSPS) is 22.6. The Morgan fingerprint density at radius 1 is 0.591 bits per heavy atom. The monoisotopic (exact) mass is 565 g/mol. The van der Waals surface area contributed by atoms with E-state index in [4.69, 9.17) is 0 Å². The van der Waals surface area contributed by atoms with E-state index in [1.165, 1.54) is 50.1 Å². The summed E-state index contributed by atoms with van der Waals surface area (Å²) in [5, 5.41) is 2.97.